The molecule has 4 heteroatoms. The smallest absolute Gasteiger partial charge is 0.213 e. The molecule has 3 nitrogen and oxygen atoms in total. The van der Waals surface area contributed by atoms with E-state index < -0.39 is 0 Å². The van der Waals surface area contributed by atoms with Crippen molar-refractivity contribution in [3.8, 4) is 5.88 Å². The molecule has 0 atom stereocenters. The van der Waals surface area contributed by atoms with Crippen LogP contribution < -0.4 is 4.74 Å². The molecule has 1 aliphatic carbocycles. The zero-order chi connectivity index (χ0) is 10.7. The van der Waals surface area contributed by atoms with Crippen molar-refractivity contribution in [2.45, 2.75) is 18.9 Å². The van der Waals surface area contributed by atoms with E-state index in [2.05, 4.69) is 20.9 Å². The molecule has 15 heavy (non-hydrogen) atoms. The number of hydrogen-bond acceptors (Lipinski definition) is 3. The van der Waals surface area contributed by atoms with E-state index in [1.165, 1.54) is 0 Å². The van der Waals surface area contributed by atoms with Gasteiger partial charge in [-0.1, -0.05) is 0 Å². The molecule has 0 unspecified atom stereocenters. The number of pyridine rings is 1. The molecule has 0 radical (unpaired) electrons. The molecule has 0 bridgehead atoms. The van der Waals surface area contributed by atoms with Crippen LogP contribution in [0.3, 0.4) is 0 Å². The molecule has 1 aliphatic rings. The van der Waals surface area contributed by atoms with E-state index in [9.17, 15) is 0 Å². The van der Waals surface area contributed by atoms with Gasteiger partial charge in [-0.05, 0) is 40.8 Å². The molecule has 0 aromatic carbocycles. The summed E-state index contributed by atoms with van der Waals surface area (Å²) in [5.74, 6) is 1.32. The molecule has 0 N–H and O–H groups in total. The number of nitrogens with zero attached hydrogens (tertiary/aromatic N) is 1. The summed E-state index contributed by atoms with van der Waals surface area (Å²) in [6.45, 7) is 0.745. The highest BCUT2D eigenvalue weighted by atomic mass is 79.9. The SMILES string of the molecule is COC1CC(COc2ccc(Br)cn2)C1. The molecule has 2 rings (SSSR count). The van der Waals surface area contributed by atoms with Gasteiger partial charge in [0.05, 0.1) is 12.7 Å². The average Bonchev–Trinajstić information content (AvgIpc) is 2.19. The third-order valence-corrected chi connectivity index (χ3v) is 3.16. The maximum absolute atomic E-state index is 5.57. The number of halogens is 1. The maximum Gasteiger partial charge on any atom is 0.213 e. The second kappa shape index (κ2) is 4.94. The second-order valence-corrected chi connectivity index (χ2v) is 4.74. The Kier molecular flexibility index (Phi) is 3.59. The highest BCUT2D eigenvalue weighted by Crippen LogP contribution is 2.29. The molecule has 0 saturated heterocycles. The van der Waals surface area contributed by atoms with Crippen LogP contribution in [0.2, 0.25) is 0 Å². The predicted molar refractivity (Wildman–Crippen MR) is 61.0 cm³/mol. The molecule has 82 valence electrons. The van der Waals surface area contributed by atoms with E-state index in [1.54, 1.807) is 13.3 Å². The first-order valence-corrected chi connectivity index (χ1v) is 5.84. The van der Waals surface area contributed by atoms with Crippen LogP contribution in [-0.4, -0.2) is 24.8 Å². The normalized spacial score (nSPS) is 24.7. The monoisotopic (exact) mass is 271 g/mol. The van der Waals surface area contributed by atoms with Gasteiger partial charge in [0.1, 0.15) is 0 Å². The van der Waals surface area contributed by atoms with Gasteiger partial charge >= 0.3 is 0 Å². The predicted octanol–water partition coefficient (Wildman–Crippen LogP) is 2.65. The zero-order valence-electron chi connectivity index (χ0n) is 8.65. The van der Waals surface area contributed by atoms with Gasteiger partial charge in [-0.15, -0.1) is 0 Å². The summed E-state index contributed by atoms with van der Waals surface area (Å²) < 4.78 is 11.7. The second-order valence-electron chi connectivity index (χ2n) is 3.82. The van der Waals surface area contributed by atoms with E-state index in [-0.39, 0.29) is 0 Å². The van der Waals surface area contributed by atoms with Crippen LogP contribution in [0, 0.1) is 5.92 Å². The quantitative estimate of drug-likeness (QED) is 0.844. The van der Waals surface area contributed by atoms with Gasteiger partial charge in [-0.2, -0.15) is 0 Å². The van der Waals surface area contributed by atoms with E-state index in [4.69, 9.17) is 9.47 Å². The van der Waals surface area contributed by atoms with Crippen molar-refractivity contribution in [1.29, 1.82) is 0 Å². The summed E-state index contributed by atoms with van der Waals surface area (Å²) in [5.41, 5.74) is 0. The molecule has 1 aromatic heterocycles. The average molecular weight is 272 g/mol. The molecule has 1 fully saturated rings. The highest BCUT2D eigenvalue weighted by molar-refractivity contribution is 9.10. The molecule has 1 aromatic rings. The number of methoxy groups -OCH3 is 1. The topological polar surface area (TPSA) is 31.4 Å². The Morgan fingerprint density at radius 3 is 2.87 bits per heavy atom. The van der Waals surface area contributed by atoms with Gasteiger partial charge in [-0.3, -0.25) is 0 Å². The van der Waals surface area contributed by atoms with Gasteiger partial charge in [0.2, 0.25) is 5.88 Å². The molecule has 0 spiro atoms. The van der Waals surface area contributed by atoms with Gasteiger partial charge < -0.3 is 9.47 Å². The molecular weight excluding hydrogens is 258 g/mol. The van der Waals surface area contributed by atoms with Gasteiger partial charge in [0.25, 0.3) is 0 Å². The summed E-state index contributed by atoms with van der Waals surface area (Å²) in [6.07, 6.45) is 4.39. The third kappa shape index (κ3) is 2.92. The third-order valence-electron chi connectivity index (χ3n) is 2.69. The molecule has 1 saturated carbocycles. The maximum atomic E-state index is 5.57. The van der Waals surface area contributed by atoms with E-state index in [0.717, 1.165) is 23.9 Å². The van der Waals surface area contributed by atoms with Crippen LogP contribution in [0.1, 0.15) is 12.8 Å². The largest absolute Gasteiger partial charge is 0.477 e. The fourth-order valence-corrected chi connectivity index (χ4v) is 1.89. The first kappa shape index (κ1) is 10.9. The molecule has 0 aliphatic heterocycles. The van der Waals surface area contributed by atoms with Crippen molar-refractivity contribution in [2.75, 3.05) is 13.7 Å². The van der Waals surface area contributed by atoms with Crippen molar-refractivity contribution in [1.82, 2.24) is 4.98 Å². The van der Waals surface area contributed by atoms with Crippen LogP contribution in [0.5, 0.6) is 5.88 Å². The Morgan fingerprint density at radius 2 is 2.27 bits per heavy atom. The Morgan fingerprint density at radius 1 is 1.47 bits per heavy atom. The van der Waals surface area contributed by atoms with Crippen LogP contribution in [0.15, 0.2) is 22.8 Å². The number of rotatable bonds is 4. The van der Waals surface area contributed by atoms with Gasteiger partial charge in [-0.25, -0.2) is 4.98 Å². The fraction of sp³-hybridized carbons (Fsp3) is 0.545. The highest BCUT2D eigenvalue weighted by Gasteiger charge is 2.29. The number of hydrogen-bond donors (Lipinski definition) is 0. The Balaban J connectivity index is 1.72. The van der Waals surface area contributed by atoms with E-state index in [0.29, 0.717) is 17.9 Å². The Labute approximate surface area is 97.9 Å². The zero-order valence-corrected chi connectivity index (χ0v) is 10.2. The first-order chi connectivity index (χ1) is 7.28. The summed E-state index contributed by atoms with van der Waals surface area (Å²) in [7, 11) is 1.76. The van der Waals surface area contributed by atoms with Crippen LogP contribution in [-0.2, 0) is 4.74 Å². The first-order valence-electron chi connectivity index (χ1n) is 5.05. The van der Waals surface area contributed by atoms with Crippen LogP contribution >= 0.6 is 15.9 Å². The van der Waals surface area contributed by atoms with E-state index in [1.807, 2.05) is 12.1 Å². The minimum absolute atomic E-state index is 0.441. The molecular formula is C11H14BrNO2. The Hall–Kier alpha value is -0.610. The standard InChI is InChI=1S/C11H14BrNO2/c1-14-10-4-8(5-10)7-15-11-3-2-9(12)6-13-11/h2-3,6,8,10H,4-5,7H2,1H3. The molecule has 0 amide bonds. The minimum Gasteiger partial charge on any atom is -0.477 e. The van der Waals surface area contributed by atoms with Crippen LogP contribution in [0.4, 0.5) is 0 Å². The lowest BCUT2D eigenvalue weighted by atomic mass is 9.83. The fourth-order valence-electron chi connectivity index (χ4n) is 1.65. The van der Waals surface area contributed by atoms with Crippen molar-refractivity contribution >= 4 is 15.9 Å². The summed E-state index contributed by atoms with van der Waals surface area (Å²) >= 11 is 3.33. The van der Waals surface area contributed by atoms with Gasteiger partial charge in [0.15, 0.2) is 0 Å². The summed E-state index contributed by atoms with van der Waals surface area (Å²) in [6, 6.07) is 3.80. The van der Waals surface area contributed by atoms with E-state index >= 15 is 0 Å². The molecule has 1 heterocycles. The van der Waals surface area contributed by atoms with Crippen molar-refractivity contribution in [3.63, 3.8) is 0 Å². The lowest BCUT2D eigenvalue weighted by molar-refractivity contribution is -0.0147. The summed E-state index contributed by atoms with van der Waals surface area (Å²) in [4.78, 5) is 4.15. The summed E-state index contributed by atoms with van der Waals surface area (Å²) in [5, 5.41) is 0. The van der Waals surface area contributed by atoms with Crippen molar-refractivity contribution in [3.05, 3.63) is 22.8 Å². The lowest BCUT2D eigenvalue weighted by Crippen LogP contribution is -2.34. The Bertz CT molecular complexity index is 309. The van der Waals surface area contributed by atoms with Gasteiger partial charge in [0, 0.05) is 23.8 Å². The van der Waals surface area contributed by atoms with Crippen LogP contribution in [0.25, 0.3) is 0 Å². The lowest BCUT2D eigenvalue weighted by Gasteiger charge is -2.33. The number of aromatic nitrogens is 1. The number of ether oxygens (including phenoxy) is 2. The van der Waals surface area contributed by atoms with Crippen molar-refractivity contribution in [2.24, 2.45) is 5.92 Å². The minimum atomic E-state index is 0.441. The van der Waals surface area contributed by atoms with Crippen molar-refractivity contribution < 1.29 is 9.47 Å².